The molecule has 0 saturated carbocycles. The third-order valence-electron chi connectivity index (χ3n) is 0.758. The van der Waals surface area contributed by atoms with Crippen molar-refractivity contribution in [1.29, 1.82) is 0 Å². The zero-order valence-electron chi connectivity index (χ0n) is 5.24. The second-order valence-electron chi connectivity index (χ2n) is 1.34. The Morgan fingerprint density at radius 1 is 1.67 bits per heavy atom. The SMILES string of the molecule is CCSn1ccnc1.[SeH2]. The summed E-state index contributed by atoms with van der Waals surface area (Å²) < 4.78 is 1.99. The zero-order chi connectivity index (χ0) is 5.82. The van der Waals surface area contributed by atoms with E-state index in [1.165, 1.54) is 0 Å². The van der Waals surface area contributed by atoms with Gasteiger partial charge in [0.1, 0.15) is 6.33 Å². The molecule has 0 aliphatic carbocycles. The van der Waals surface area contributed by atoms with Crippen molar-refractivity contribution in [1.82, 2.24) is 8.96 Å². The van der Waals surface area contributed by atoms with Crippen LogP contribution < -0.4 is 0 Å². The van der Waals surface area contributed by atoms with Crippen molar-refractivity contribution in [3.8, 4) is 0 Å². The Hall–Kier alpha value is 0.0795. The van der Waals surface area contributed by atoms with Crippen molar-refractivity contribution in [3.05, 3.63) is 18.7 Å². The van der Waals surface area contributed by atoms with Crippen molar-refractivity contribution in [3.63, 3.8) is 0 Å². The van der Waals surface area contributed by atoms with Crippen molar-refractivity contribution < 1.29 is 0 Å². The van der Waals surface area contributed by atoms with E-state index in [1.807, 2.05) is 10.2 Å². The van der Waals surface area contributed by atoms with Crippen molar-refractivity contribution in [2.45, 2.75) is 6.92 Å². The second-order valence-corrected chi connectivity index (χ2v) is 2.60. The molecular weight excluding hydrogens is 199 g/mol. The molecule has 4 heteroatoms. The van der Waals surface area contributed by atoms with Gasteiger partial charge in [-0.2, -0.15) is 0 Å². The van der Waals surface area contributed by atoms with Gasteiger partial charge in [0.2, 0.25) is 0 Å². The van der Waals surface area contributed by atoms with Crippen LogP contribution in [-0.2, 0) is 0 Å². The van der Waals surface area contributed by atoms with Gasteiger partial charge in [0, 0.05) is 18.1 Å². The van der Waals surface area contributed by atoms with E-state index in [0.29, 0.717) is 0 Å². The Bertz CT molecular complexity index is 141. The summed E-state index contributed by atoms with van der Waals surface area (Å²) in [5.41, 5.74) is 0. The van der Waals surface area contributed by atoms with Crippen LogP contribution in [0.2, 0.25) is 0 Å². The van der Waals surface area contributed by atoms with Gasteiger partial charge < -0.3 is 0 Å². The van der Waals surface area contributed by atoms with Gasteiger partial charge in [0.15, 0.2) is 0 Å². The molecule has 0 aliphatic heterocycles. The fraction of sp³-hybridized carbons (Fsp3) is 0.400. The van der Waals surface area contributed by atoms with Crippen LogP contribution >= 0.6 is 11.9 Å². The quantitative estimate of drug-likeness (QED) is 0.659. The summed E-state index contributed by atoms with van der Waals surface area (Å²) in [5.74, 6) is 1.09. The molecule has 0 aliphatic rings. The molecule has 0 aromatic carbocycles. The van der Waals surface area contributed by atoms with Gasteiger partial charge in [-0.25, -0.2) is 4.98 Å². The second kappa shape index (κ2) is 4.91. The van der Waals surface area contributed by atoms with Gasteiger partial charge in [-0.05, 0) is 11.9 Å². The van der Waals surface area contributed by atoms with E-state index in [1.54, 1.807) is 24.5 Å². The summed E-state index contributed by atoms with van der Waals surface area (Å²) in [5, 5.41) is 0. The van der Waals surface area contributed by atoms with Crippen LogP contribution in [0.15, 0.2) is 18.7 Å². The minimum atomic E-state index is 0. The van der Waals surface area contributed by atoms with Gasteiger partial charge in [-0.3, -0.25) is 3.97 Å². The fourth-order valence-electron chi connectivity index (χ4n) is 0.472. The summed E-state index contributed by atoms with van der Waals surface area (Å²) in [7, 11) is 0. The van der Waals surface area contributed by atoms with Crippen LogP contribution in [0, 0.1) is 0 Å². The molecule has 52 valence electrons. The molecule has 0 bridgehead atoms. The van der Waals surface area contributed by atoms with E-state index in [2.05, 4.69) is 11.9 Å². The number of hydrogen-bond acceptors (Lipinski definition) is 2. The van der Waals surface area contributed by atoms with E-state index in [0.717, 1.165) is 5.75 Å². The molecule has 1 aromatic rings. The third-order valence-corrected chi connectivity index (χ3v) is 1.53. The van der Waals surface area contributed by atoms with Crippen LogP contribution in [0.1, 0.15) is 6.92 Å². The molecule has 0 fully saturated rings. The van der Waals surface area contributed by atoms with Crippen LogP contribution in [0.25, 0.3) is 0 Å². The van der Waals surface area contributed by atoms with Crippen LogP contribution in [0.4, 0.5) is 0 Å². The molecule has 1 heterocycles. The first-order valence-corrected chi connectivity index (χ1v) is 3.49. The Labute approximate surface area is 69.7 Å². The molecule has 2 nitrogen and oxygen atoms in total. The molecule has 9 heavy (non-hydrogen) atoms. The Balaban J connectivity index is 0.000000640. The number of nitrogens with zero attached hydrogens (tertiary/aromatic N) is 2. The summed E-state index contributed by atoms with van der Waals surface area (Å²) in [4.78, 5) is 3.88. The maximum atomic E-state index is 3.88. The van der Waals surface area contributed by atoms with Crippen molar-refractivity contribution >= 4 is 29.0 Å². The van der Waals surface area contributed by atoms with Crippen molar-refractivity contribution in [2.75, 3.05) is 5.75 Å². The van der Waals surface area contributed by atoms with E-state index >= 15 is 0 Å². The first kappa shape index (κ1) is 9.08. The Morgan fingerprint density at radius 3 is 2.89 bits per heavy atom. The van der Waals surface area contributed by atoms with E-state index < -0.39 is 0 Å². The monoisotopic (exact) mass is 210 g/mol. The van der Waals surface area contributed by atoms with Gasteiger partial charge in [0.05, 0.1) is 0 Å². The first-order valence-electron chi connectivity index (χ1n) is 2.54. The van der Waals surface area contributed by atoms with Gasteiger partial charge >= 0.3 is 17.1 Å². The first-order chi connectivity index (χ1) is 3.93. The fourth-order valence-corrected chi connectivity index (χ4v) is 1.03. The predicted molar refractivity (Wildman–Crippen MR) is 44.3 cm³/mol. The number of imidazole rings is 1. The van der Waals surface area contributed by atoms with E-state index in [-0.39, 0.29) is 17.1 Å². The van der Waals surface area contributed by atoms with Crippen LogP contribution in [-0.4, -0.2) is 31.8 Å². The van der Waals surface area contributed by atoms with Gasteiger partial charge in [0.25, 0.3) is 0 Å². The van der Waals surface area contributed by atoms with Gasteiger partial charge in [-0.1, -0.05) is 6.92 Å². The topological polar surface area (TPSA) is 17.8 Å². The maximum absolute atomic E-state index is 3.88. The Kier molecular flexibility index (Phi) is 4.96. The number of aromatic nitrogens is 2. The molecule has 0 unspecified atom stereocenters. The van der Waals surface area contributed by atoms with Gasteiger partial charge in [-0.15, -0.1) is 0 Å². The standard InChI is InChI=1S/C5H8N2S.H2Se/c1-2-8-7-4-3-6-5-7;/h3-5H,2H2,1H3;1H2. The molecule has 0 radical (unpaired) electrons. The van der Waals surface area contributed by atoms with E-state index in [4.69, 9.17) is 0 Å². The number of hydrogen-bond donors (Lipinski definition) is 0. The molecule has 0 N–H and O–H groups in total. The Morgan fingerprint density at radius 2 is 2.44 bits per heavy atom. The van der Waals surface area contributed by atoms with Crippen molar-refractivity contribution in [2.24, 2.45) is 0 Å². The summed E-state index contributed by atoms with van der Waals surface area (Å²) in [6.45, 7) is 2.12. The third kappa shape index (κ3) is 2.94. The molecule has 1 rings (SSSR count). The minimum absolute atomic E-state index is 0. The van der Waals surface area contributed by atoms with Crippen LogP contribution in [0.5, 0.6) is 0 Å². The zero-order valence-corrected chi connectivity index (χ0v) is 8.16. The van der Waals surface area contributed by atoms with Crippen LogP contribution in [0.3, 0.4) is 0 Å². The number of rotatable bonds is 2. The molecule has 0 atom stereocenters. The summed E-state index contributed by atoms with van der Waals surface area (Å²) in [6.07, 6.45) is 5.52. The average molecular weight is 209 g/mol. The summed E-state index contributed by atoms with van der Waals surface area (Å²) in [6, 6.07) is 0. The molecule has 1 aromatic heterocycles. The molecule has 0 saturated heterocycles. The molecule has 0 spiro atoms. The summed E-state index contributed by atoms with van der Waals surface area (Å²) >= 11 is 1.74. The molecule has 0 amide bonds. The van der Waals surface area contributed by atoms with E-state index in [9.17, 15) is 0 Å². The predicted octanol–water partition coefficient (Wildman–Crippen LogP) is 0.483. The normalized spacial score (nSPS) is 8.56. The average Bonchev–Trinajstić information content (AvgIpc) is 2.19. The molecular formula is C5H10N2SSe.